The number of fused-ring (bicyclic) bond motifs is 1. The molecule has 0 saturated heterocycles. The van der Waals surface area contributed by atoms with Crippen LogP contribution >= 0.6 is 0 Å². The van der Waals surface area contributed by atoms with Gasteiger partial charge in [-0.2, -0.15) is 0 Å². The molecule has 1 aromatic carbocycles. The fourth-order valence-electron chi connectivity index (χ4n) is 1.91. The van der Waals surface area contributed by atoms with Crippen molar-refractivity contribution in [3.05, 3.63) is 35.5 Å². The number of aromatic amines is 1. The van der Waals surface area contributed by atoms with Gasteiger partial charge in [0.05, 0.1) is 6.61 Å². The van der Waals surface area contributed by atoms with E-state index < -0.39 is 23.6 Å². The topological polar surface area (TPSA) is 68.1 Å². The molecule has 4 nitrogen and oxygen atoms in total. The summed E-state index contributed by atoms with van der Waals surface area (Å²) < 4.78 is 31.1. The van der Waals surface area contributed by atoms with Crippen molar-refractivity contribution in [3.63, 3.8) is 0 Å². The number of esters is 1. The molecule has 0 aliphatic carbocycles. The molecule has 102 valence electrons. The average molecular weight is 268 g/mol. The minimum atomic E-state index is -0.932. The molecule has 6 heteroatoms. The SMILES string of the molecule is CCOC(=O)[C@@H](N)Cc1c[nH]c2cc(F)c(F)cc12. The van der Waals surface area contributed by atoms with Crippen LogP contribution in [-0.4, -0.2) is 23.6 Å². The van der Waals surface area contributed by atoms with Crippen molar-refractivity contribution in [2.75, 3.05) is 6.61 Å². The van der Waals surface area contributed by atoms with Gasteiger partial charge >= 0.3 is 5.97 Å². The summed E-state index contributed by atoms with van der Waals surface area (Å²) in [4.78, 5) is 14.3. The molecule has 1 atom stereocenters. The van der Waals surface area contributed by atoms with Crippen molar-refractivity contribution in [3.8, 4) is 0 Å². The van der Waals surface area contributed by atoms with E-state index in [-0.39, 0.29) is 13.0 Å². The normalized spacial score (nSPS) is 12.6. The highest BCUT2D eigenvalue weighted by atomic mass is 19.2. The third kappa shape index (κ3) is 2.73. The van der Waals surface area contributed by atoms with Crippen LogP contribution in [0.1, 0.15) is 12.5 Å². The van der Waals surface area contributed by atoms with Gasteiger partial charge in [0.2, 0.25) is 0 Å². The number of H-pyrrole nitrogens is 1. The van der Waals surface area contributed by atoms with Gasteiger partial charge in [-0.15, -0.1) is 0 Å². The van der Waals surface area contributed by atoms with E-state index >= 15 is 0 Å². The summed E-state index contributed by atoms with van der Waals surface area (Å²) in [6.45, 7) is 1.94. The van der Waals surface area contributed by atoms with Gasteiger partial charge in [0.15, 0.2) is 11.6 Å². The fraction of sp³-hybridized carbons (Fsp3) is 0.308. The van der Waals surface area contributed by atoms with Crippen molar-refractivity contribution in [2.45, 2.75) is 19.4 Å². The quantitative estimate of drug-likeness (QED) is 0.832. The minimum Gasteiger partial charge on any atom is -0.465 e. The molecule has 0 aliphatic heterocycles. The first-order valence-corrected chi connectivity index (χ1v) is 5.90. The third-order valence-corrected chi connectivity index (χ3v) is 2.84. The second-order valence-electron chi connectivity index (χ2n) is 4.19. The summed E-state index contributed by atoms with van der Waals surface area (Å²) in [5.41, 5.74) is 6.81. The molecule has 0 radical (unpaired) electrons. The van der Waals surface area contributed by atoms with Crippen LogP contribution in [0, 0.1) is 11.6 Å². The molecule has 3 N–H and O–H groups in total. The molecule has 0 unspecified atom stereocenters. The number of hydrogen-bond acceptors (Lipinski definition) is 3. The van der Waals surface area contributed by atoms with Crippen LogP contribution in [0.5, 0.6) is 0 Å². The van der Waals surface area contributed by atoms with E-state index in [9.17, 15) is 13.6 Å². The first-order valence-electron chi connectivity index (χ1n) is 5.90. The average Bonchev–Trinajstić information content (AvgIpc) is 2.73. The Morgan fingerprint density at radius 1 is 1.42 bits per heavy atom. The predicted octanol–water partition coefficient (Wildman–Crippen LogP) is 1.88. The Labute approximate surface area is 108 Å². The Morgan fingerprint density at radius 2 is 2.11 bits per heavy atom. The van der Waals surface area contributed by atoms with Gasteiger partial charge in [0.25, 0.3) is 0 Å². The smallest absolute Gasteiger partial charge is 0.323 e. The molecule has 0 saturated carbocycles. The van der Waals surface area contributed by atoms with E-state index in [2.05, 4.69) is 4.98 Å². The van der Waals surface area contributed by atoms with Gasteiger partial charge in [-0.05, 0) is 18.6 Å². The second kappa shape index (κ2) is 5.36. The fourth-order valence-corrected chi connectivity index (χ4v) is 1.91. The van der Waals surface area contributed by atoms with E-state index in [0.29, 0.717) is 16.5 Å². The van der Waals surface area contributed by atoms with Gasteiger partial charge in [-0.3, -0.25) is 4.79 Å². The molecule has 2 rings (SSSR count). The number of rotatable bonds is 4. The number of carbonyl (C=O) groups is 1. The van der Waals surface area contributed by atoms with Crippen molar-refractivity contribution in [1.29, 1.82) is 0 Å². The summed E-state index contributed by atoms with van der Waals surface area (Å²) in [5.74, 6) is -2.37. The van der Waals surface area contributed by atoms with Crippen LogP contribution in [0.15, 0.2) is 18.3 Å². The molecule has 0 amide bonds. The summed E-state index contributed by atoms with van der Waals surface area (Å²) in [6.07, 6.45) is 1.78. The molecule has 2 aromatic rings. The van der Waals surface area contributed by atoms with Crippen LogP contribution in [0.25, 0.3) is 10.9 Å². The Morgan fingerprint density at radius 3 is 2.79 bits per heavy atom. The van der Waals surface area contributed by atoms with Crippen molar-refractivity contribution >= 4 is 16.9 Å². The lowest BCUT2D eigenvalue weighted by Crippen LogP contribution is -2.34. The largest absolute Gasteiger partial charge is 0.465 e. The Balaban J connectivity index is 2.26. The Bertz CT molecular complexity index is 610. The maximum absolute atomic E-state index is 13.2. The number of aromatic nitrogens is 1. The first kappa shape index (κ1) is 13.5. The number of nitrogens with one attached hydrogen (secondary N) is 1. The van der Waals surface area contributed by atoms with Gasteiger partial charge < -0.3 is 15.5 Å². The molecular formula is C13H14F2N2O2. The van der Waals surface area contributed by atoms with E-state index in [1.165, 1.54) is 0 Å². The highest BCUT2D eigenvalue weighted by Crippen LogP contribution is 2.22. The zero-order valence-corrected chi connectivity index (χ0v) is 10.4. The van der Waals surface area contributed by atoms with Crippen LogP contribution in [0.2, 0.25) is 0 Å². The second-order valence-corrected chi connectivity index (χ2v) is 4.19. The Hall–Kier alpha value is -1.95. The van der Waals surface area contributed by atoms with Crippen molar-refractivity contribution < 1.29 is 18.3 Å². The highest BCUT2D eigenvalue weighted by molar-refractivity contribution is 5.84. The maximum Gasteiger partial charge on any atom is 0.323 e. The van der Waals surface area contributed by atoms with Crippen LogP contribution in [0.4, 0.5) is 8.78 Å². The van der Waals surface area contributed by atoms with E-state index in [1.54, 1.807) is 13.1 Å². The summed E-state index contributed by atoms with van der Waals surface area (Å²) >= 11 is 0. The maximum atomic E-state index is 13.2. The zero-order chi connectivity index (χ0) is 14.0. The van der Waals surface area contributed by atoms with Gasteiger partial charge in [0.1, 0.15) is 6.04 Å². The summed E-state index contributed by atoms with van der Waals surface area (Å²) in [7, 11) is 0. The molecule has 0 bridgehead atoms. The number of carbonyl (C=O) groups excluding carboxylic acids is 1. The van der Waals surface area contributed by atoms with Crippen LogP contribution < -0.4 is 5.73 Å². The number of nitrogens with two attached hydrogens (primary N) is 1. The molecule has 0 spiro atoms. The summed E-state index contributed by atoms with van der Waals surface area (Å²) in [6, 6.07) is 1.34. The molecule has 0 aliphatic rings. The van der Waals surface area contributed by atoms with Crippen molar-refractivity contribution in [2.24, 2.45) is 5.73 Å². The number of halogens is 2. The van der Waals surface area contributed by atoms with Gasteiger partial charge in [-0.25, -0.2) is 8.78 Å². The molecular weight excluding hydrogens is 254 g/mol. The highest BCUT2D eigenvalue weighted by Gasteiger charge is 2.18. The predicted molar refractivity (Wildman–Crippen MR) is 66.5 cm³/mol. The molecule has 1 aromatic heterocycles. The van der Waals surface area contributed by atoms with Crippen molar-refractivity contribution in [1.82, 2.24) is 4.98 Å². The summed E-state index contributed by atoms with van der Waals surface area (Å²) in [5, 5.41) is 0.513. The standard InChI is InChI=1S/C13H14F2N2O2/c1-2-19-13(18)11(16)3-7-6-17-12-5-10(15)9(14)4-8(7)12/h4-6,11,17H,2-3,16H2,1H3/t11-/m0/s1. The number of hydrogen-bond donors (Lipinski definition) is 2. The van der Waals surface area contributed by atoms with E-state index in [0.717, 1.165) is 12.1 Å². The zero-order valence-electron chi connectivity index (χ0n) is 10.4. The lowest BCUT2D eigenvalue weighted by atomic mass is 10.1. The minimum absolute atomic E-state index is 0.198. The monoisotopic (exact) mass is 268 g/mol. The molecule has 19 heavy (non-hydrogen) atoms. The van der Waals surface area contributed by atoms with Gasteiger partial charge in [-0.1, -0.05) is 0 Å². The van der Waals surface area contributed by atoms with Crippen LogP contribution in [0.3, 0.4) is 0 Å². The molecule has 0 fully saturated rings. The third-order valence-electron chi connectivity index (χ3n) is 2.84. The lowest BCUT2D eigenvalue weighted by Gasteiger charge is -2.09. The van der Waals surface area contributed by atoms with E-state index in [4.69, 9.17) is 10.5 Å². The van der Waals surface area contributed by atoms with Crippen LogP contribution in [-0.2, 0) is 16.0 Å². The Kier molecular flexibility index (Phi) is 3.80. The first-order chi connectivity index (χ1) is 9.02. The van der Waals surface area contributed by atoms with Gasteiger partial charge in [0, 0.05) is 29.6 Å². The lowest BCUT2D eigenvalue weighted by molar-refractivity contribution is -0.144. The number of ether oxygens (including phenoxy) is 1. The van der Waals surface area contributed by atoms with E-state index in [1.807, 2.05) is 0 Å². The molecule has 1 heterocycles. The number of benzene rings is 1.